The van der Waals surface area contributed by atoms with Crippen LogP contribution in [0.4, 0.5) is 0 Å². The lowest BCUT2D eigenvalue weighted by Gasteiger charge is -2.25. The molecule has 0 N–H and O–H groups in total. The molecular formula is C25H31N3O2S. The molecule has 164 valence electrons. The number of nitrogens with zero attached hydrogens (tertiary/aromatic N) is 3. The number of hydrogen-bond acceptors (Lipinski definition) is 6. The lowest BCUT2D eigenvalue weighted by Crippen LogP contribution is -2.36. The van der Waals surface area contributed by atoms with Crippen molar-refractivity contribution in [3.8, 4) is 11.6 Å². The molecule has 5 nitrogen and oxygen atoms in total. The fourth-order valence-electron chi connectivity index (χ4n) is 4.40. The van der Waals surface area contributed by atoms with Gasteiger partial charge in [0.2, 0.25) is 5.88 Å². The SMILES string of the molecule is CC(C)(C)c1ccc(Oc2nc(CN3CCOCC3)nc3sc4c(c23)CCCC4)cc1. The average molecular weight is 438 g/mol. The van der Waals surface area contributed by atoms with Crippen molar-refractivity contribution in [2.75, 3.05) is 26.3 Å². The third kappa shape index (κ3) is 4.47. The largest absolute Gasteiger partial charge is 0.438 e. The number of rotatable bonds is 4. The van der Waals surface area contributed by atoms with Crippen LogP contribution < -0.4 is 4.74 Å². The summed E-state index contributed by atoms with van der Waals surface area (Å²) in [6.07, 6.45) is 4.74. The predicted molar refractivity (Wildman–Crippen MR) is 125 cm³/mol. The molecule has 5 rings (SSSR count). The lowest BCUT2D eigenvalue weighted by molar-refractivity contribution is 0.0330. The molecule has 1 saturated heterocycles. The van der Waals surface area contributed by atoms with Crippen molar-refractivity contribution in [1.82, 2.24) is 14.9 Å². The van der Waals surface area contributed by atoms with E-state index in [1.165, 1.54) is 28.8 Å². The summed E-state index contributed by atoms with van der Waals surface area (Å²) in [7, 11) is 0. The van der Waals surface area contributed by atoms with Crippen LogP contribution in [0.2, 0.25) is 0 Å². The molecule has 0 amide bonds. The van der Waals surface area contributed by atoms with Crippen molar-refractivity contribution >= 4 is 21.6 Å². The van der Waals surface area contributed by atoms with Gasteiger partial charge in [-0.15, -0.1) is 11.3 Å². The maximum Gasteiger partial charge on any atom is 0.231 e. The molecule has 3 heterocycles. The summed E-state index contributed by atoms with van der Waals surface area (Å²) in [5, 5.41) is 1.13. The first-order valence-corrected chi connectivity index (χ1v) is 12.2. The van der Waals surface area contributed by atoms with E-state index in [4.69, 9.17) is 19.4 Å². The number of aryl methyl sites for hydroxylation is 2. The molecule has 1 aromatic carbocycles. The molecule has 2 aliphatic rings. The number of morpholine rings is 1. The number of aromatic nitrogens is 2. The zero-order valence-electron chi connectivity index (χ0n) is 18.7. The summed E-state index contributed by atoms with van der Waals surface area (Å²) in [6, 6.07) is 8.45. The van der Waals surface area contributed by atoms with Gasteiger partial charge in [0.15, 0.2) is 0 Å². The van der Waals surface area contributed by atoms with Gasteiger partial charge in [-0.3, -0.25) is 4.90 Å². The minimum atomic E-state index is 0.123. The summed E-state index contributed by atoms with van der Waals surface area (Å²) in [4.78, 5) is 14.8. The Labute approximate surface area is 188 Å². The molecule has 2 aromatic heterocycles. The molecule has 0 saturated carbocycles. The monoisotopic (exact) mass is 437 g/mol. The second-order valence-corrected chi connectivity index (χ2v) is 10.7. The zero-order valence-corrected chi connectivity index (χ0v) is 19.6. The Hall–Kier alpha value is -2.02. The van der Waals surface area contributed by atoms with E-state index in [1.807, 2.05) is 11.3 Å². The van der Waals surface area contributed by atoms with E-state index < -0.39 is 0 Å². The maximum atomic E-state index is 6.43. The molecule has 0 unspecified atom stereocenters. The Morgan fingerprint density at radius 2 is 1.77 bits per heavy atom. The molecule has 1 aliphatic carbocycles. The van der Waals surface area contributed by atoms with Crippen molar-refractivity contribution in [2.45, 2.75) is 58.4 Å². The molecule has 0 spiro atoms. The van der Waals surface area contributed by atoms with E-state index in [0.717, 1.165) is 73.4 Å². The van der Waals surface area contributed by atoms with Crippen molar-refractivity contribution in [3.05, 3.63) is 46.1 Å². The first-order chi connectivity index (χ1) is 15.0. The molecule has 6 heteroatoms. The van der Waals surface area contributed by atoms with Crippen LogP contribution in [-0.4, -0.2) is 41.2 Å². The second-order valence-electron chi connectivity index (χ2n) is 9.60. The van der Waals surface area contributed by atoms with Gasteiger partial charge in [0.1, 0.15) is 16.4 Å². The minimum absolute atomic E-state index is 0.123. The van der Waals surface area contributed by atoms with E-state index in [2.05, 4.69) is 49.9 Å². The quantitative estimate of drug-likeness (QED) is 0.540. The summed E-state index contributed by atoms with van der Waals surface area (Å²) >= 11 is 1.83. The molecule has 31 heavy (non-hydrogen) atoms. The van der Waals surface area contributed by atoms with E-state index in [-0.39, 0.29) is 5.41 Å². The smallest absolute Gasteiger partial charge is 0.231 e. The van der Waals surface area contributed by atoms with Crippen LogP contribution in [0.5, 0.6) is 11.6 Å². The van der Waals surface area contributed by atoms with Crippen molar-refractivity contribution in [2.24, 2.45) is 0 Å². The third-order valence-corrected chi connectivity index (χ3v) is 7.42. The van der Waals surface area contributed by atoms with Gasteiger partial charge in [-0.1, -0.05) is 32.9 Å². The molecular weight excluding hydrogens is 406 g/mol. The van der Waals surface area contributed by atoms with E-state index in [0.29, 0.717) is 0 Å². The summed E-state index contributed by atoms with van der Waals surface area (Å²) in [5.41, 5.74) is 2.83. The number of thiophene rings is 1. The number of ether oxygens (including phenoxy) is 2. The number of hydrogen-bond donors (Lipinski definition) is 0. The Bertz CT molecular complexity index is 1060. The third-order valence-electron chi connectivity index (χ3n) is 6.23. The van der Waals surface area contributed by atoms with Crippen molar-refractivity contribution in [1.29, 1.82) is 0 Å². The normalized spacial score (nSPS) is 17.6. The molecule has 0 radical (unpaired) electrons. The molecule has 0 atom stereocenters. The number of benzene rings is 1. The standard InChI is InChI=1S/C25H31N3O2S/c1-25(2,3)17-8-10-18(11-9-17)30-23-22-19-6-4-5-7-20(19)31-24(22)27-21(26-23)16-28-12-14-29-15-13-28/h8-11H,4-7,12-16H2,1-3H3. The Morgan fingerprint density at radius 1 is 1.03 bits per heavy atom. The number of fused-ring (bicyclic) bond motifs is 3. The van der Waals surface area contributed by atoms with Crippen molar-refractivity contribution < 1.29 is 9.47 Å². The second kappa shape index (κ2) is 8.49. The zero-order chi connectivity index (χ0) is 21.4. The van der Waals surface area contributed by atoms with Gasteiger partial charge in [-0.25, -0.2) is 4.98 Å². The average Bonchev–Trinajstić information content (AvgIpc) is 3.13. The van der Waals surface area contributed by atoms with Crippen molar-refractivity contribution in [3.63, 3.8) is 0 Å². The topological polar surface area (TPSA) is 47.5 Å². The molecule has 1 fully saturated rings. The van der Waals surface area contributed by atoms with Crippen LogP contribution in [-0.2, 0) is 29.5 Å². The fraction of sp³-hybridized carbons (Fsp3) is 0.520. The minimum Gasteiger partial charge on any atom is -0.438 e. The van der Waals surface area contributed by atoms with Gasteiger partial charge in [0, 0.05) is 18.0 Å². The van der Waals surface area contributed by atoms with E-state index in [1.54, 1.807) is 0 Å². The maximum absolute atomic E-state index is 6.43. The van der Waals surface area contributed by atoms with Gasteiger partial charge < -0.3 is 9.47 Å². The highest BCUT2D eigenvalue weighted by Crippen LogP contribution is 2.41. The van der Waals surface area contributed by atoms with Gasteiger partial charge in [-0.2, -0.15) is 4.98 Å². The fourth-order valence-corrected chi connectivity index (χ4v) is 5.68. The Kier molecular flexibility index (Phi) is 5.71. The van der Waals surface area contributed by atoms with Crippen LogP contribution in [0.25, 0.3) is 10.2 Å². The van der Waals surface area contributed by atoms with E-state index >= 15 is 0 Å². The highest BCUT2D eigenvalue weighted by molar-refractivity contribution is 7.18. The Balaban J connectivity index is 1.51. The van der Waals surface area contributed by atoms with Gasteiger partial charge in [0.05, 0.1) is 25.1 Å². The van der Waals surface area contributed by atoms with Crippen LogP contribution in [0.3, 0.4) is 0 Å². The van der Waals surface area contributed by atoms with Crippen LogP contribution in [0.1, 0.15) is 55.4 Å². The lowest BCUT2D eigenvalue weighted by atomic mass is 9.87. The first-order valence-electron chi connectivity index (χ1n) is 11.4. The summed E-state index contributed by atoms with van der Waals surface area (Å²) < 4.78 is 11.9. The highest BCUT2D eigenvalue weighted by Gasteiger charge is 2.23. The molecule has 1 aliphatic heterocycles. The van der Waals surface area contributed by atoms with Crippen LogP contribution >= 0.6 is 11.3 Å². The summed E-state index contributed by atoms with van der Waals surface area (Å²) in [5.74, 6) is 2.39. The highest BCUT2D eigenvalue weighted by atomic mass is 32.1. The first kappa shape index (κ1) is 20.9. The molecule has 3 aromatic rings. The van der Waals surface area contributed by atoms with Gasteiger partial charge >= 0.3 is 0 Å². The molecule has 0 bridgehead atoms. The van der Waals surface area contributed by atoms with E-state index in [9.17, 15) is 0 Å². The predicted octanol–water partition coefficient (Wildman–Crippen LogP) is 5.49. The Morgan fingerprint density at radius 3 is 2.52 bits per heavy atom. The summed E-state index contributed by atoms with van der Waals surface area (Å²) in [6.45, 7) is 10.8. The van der Waals surface area contributed by atoms with Crippen LogP contribution in [0.15, 0.2) is 24.3 Å². The van der Waals surface area contributed by atoms with Gasteiger partial charge in [0.25, 0.3) is 0 Å². The van der Waals surface area contributed by atoms with Crippen LogP contribution in [0, 0.1) is 0 Å². The van der Waals surface area contributed by atoms with Gasteiger partial charge in [-0.05, 0) is 54.4 Å².